The number of amidine groups is 1. The fraction of sp³-hybridized carbons (Fsp3) is 0.571. The molecular weight excluding hydrogens is 254 g/mol. The van der Waals surface area contributed by atoms with Crippen molar-refractivity contribution in [1.29, 1.82) is 0 Å². The number of aromatic nitrogens is 1. The minimum Gasteiger partial charge on any atom is -0.409 e. The number of anilines is 1. The molecule has 1 fully saturated rings. The smallest absolute Gasteiger partial charge is 0.188 e. The number of hydrogen-bond acceptors (Lipinski definition) is 5. The lowest BCUT2D eigenvalue weighted by Crippen LogP contribution is -2.56. The maximum absolute atomic E-state index is 8.73. The molecule has 0 spiro atoms. The molecule has 20 heavy (non-hydrogen) atoms. The van der Waals surface area contributed by atoms with E-state index in [1.165, 1.54) is 19.3 Å². The summed E-state index contributed by atoms with van der Waals surface area (Å²) in [5.74, 6) is 0.869. The average molecular weight is 277 g/mol. The molecule has 0 radical (unpaired) electrons. The lowest BCUT2D eigenvalue weighted by Gasteiger charge is -2.49. The summed E-state index contributed by atoms with van der Waals surface area (Å²) in [5.41, 5.74) is 6.32. The summed E-state index contributed by atoms with van der Waals surface area (Å²) < 4.78 is 0. The van der Waals surface area contributed by atoms with E-state index in [2.05, 4.69) is 34.0 Å². The SMILES string of the molecule is CN(CC1(N(C)C)CCC1)c1cccc(/C(N)=N/O)n1. The van der Waals surface area contributed by atoms with Crippen molar-refractivity contribution in [1.82, 2.24) is 9.88 Å². The first-order valence-electron chi connectivity index (χ1n) is 6.82. The summed E-state index contributed by atoms with van der Waals surface area (Å²) >= 11 is 0. The van der Waals surface area contributed by atoms with E-state index in [1.54, 1.807) is 6.07 Å². The van der Waals surface area contributed by atoms with Crippen molar-refractivity contribution in [2.24, 2.45) is 10.9 Å². The Balaban J connectivity index is 2.15. The molecule has 0 aliphatic heterocycles. The van der Waals surface area contributed by atoms with Crippen molar-refractivity contribution >= 4 is 11.7 Å². The maximum Gasteiger partial charge on any atom is 0.188 e. The van der Waals surface area contributed by atoms with E-state index < -0.39 is 0 Å². The van der Waals surface area contributed by atoms with Crippen LogP contribution in [0.15, 0.2) is 23.4 Å². The van der Waals surface area contributed by atoms with Crippen LogP contribution in [-0.2, 0) is 0 Å². The van der Waals surface area contributed by atoms with E-state index in [4.69, 9.17) is 10.9 Å². The van der Waals surface area contributed by atoms with Gasteiger partial charge in [-0.05, 0) is 45.5 Å². The molecule has 1 aromatic rings. The Labute approximate surface area is 119 Å². The molecule has 0 unspecified atom stereocenters. The third-order valence-corrected chi connectivity index (χ3v) is 4.26. The van der Waals surface area contributed by atoms with Crippen molar-refractivity contribution in [2.45, 2.75) is 24.8 Å². The minimum absolute atomic E-state index is 0.0335. The molecule has 1 aromatic heterocycles. The number of hydrogen-bond donors (Lipinski definition) is 2. The molecule has 0 amide bonds. The van der Waals surface area contributed by atoms with Crippen LogP contribution in [-0.4, -0.2) is 54.2 Å². The van der Waals surface area contributed by atoms with E-state index in [0.717, 1.165) is 12.4 Å². The van der Waals surface area contributed by atoms with Crippen LogP contribution in [0.25, 0.3) is 0 Å². The summed E-state index contributed by atoms with van der Waals surface area (Å²) in [7, 11) is 6.29. The van der Waals surface area contributed by atoms with E-state index >= 15 is 0 Å². The zero-order chi connectivity index (χ0) is 14.8. The number of likely N-dealkylation sites (N-methyl/N-ethyl adjacent to an activating group) is 2. The normalized spacial score (nSPS) is 17.9. The second-order valence-corrected chi connectivity index (χ2v) is 5.69. The van der Waals surface area contributed by atoms with Gasteiger partial charge in [0.1, 0.15) is 11.5 Å². The molecule has 1 aliphatic carbocycles. The van der Waals surface area contributed by atoms with Gasteiger partial charge in [0.2, 0.25) is 0 Å². The molecule has 6 heteroatoms. The fourth-order valence-electron chi connectivity index (χ4n) is 2.68. The van der Waals surface area contributed by atoms with Gasteiger partial charge in [-0.3, -0.25) is 0 Å². The van der Waals surface area contributed by atoms with Crippen molar-refractivity contribution < 1.29 is 5.21 Å². The Morgan fingerprint density at radius 2 is 2.10 bits per heavy atom. The second kappa shape index (κ2) is 5.66. The first kappa shape index (κ1) is 14.6. The van der Waals surface area contributed by atoms with Crippen LogP contribution >= 0.6 is 0 Å². The highest BCUT2D eigenvalue weighted by Gasteiger charge is 2.40. The number of oxime groups is 1. The molecule has 0 bridgehead atoms. The molecule has 1 aliphatic rings. The van der Waals surface area contributed by atoms with Gasteiger partial charge in [-0.2, -0.15) is 0 Å². The molecule has 3 N–H and O–H groups in total. The monoisotopic (exact) mass is 277 g/mol. The fourth-order valence-corrected chi connectivity index (χ4v) is 2.68. The number of pyridine rings is 1. The number of nitrogens with zero attached hydrogens (tertiary/aromatic N) is 4. The molecule has 0 saturated heterocycles. The predicted molar refractivity (Wildman–Crippen MR) is 80.3 cm³/mol. The topological polar surface area (TPSA) is 78.0 Å². The van der Waals surface area contributed by atoms with E-state index in [-0.39, 0.29) is 11.4 Å². The Bertz CT molecular complexity index is 496. The third kappa shape index (κ3) is 2.70. The molecule has 6 nitrogen and oxygen atoms in total. The maximum atomic E-state index is 8.73. The summed E-state index contributed by atoms with van der Waals surface area (Å²) in [6, 6.07) is 5.54. The Morgan fingerprint density at radius 1 is 1.40 bits per heavy atom. The van der Waals surface area contributed by atoms with Crippen LogP contribution in [0.4, 0.5) is 5.82 Å². The summed E-state index contributed by atoms with van der Waals surface area (Å²) in [6.45, 7) is 0.923. The molecule has 110 valence electrons. The highest BCUT2D eigenvalue weighted by Crippen LogP contribution is 2.37. The van der Waals surface area contributed by atoms with E-state index in [9.17, 15) is 0 Å². The molecular formula is C14H23N5O. The predicted octanol–water partition coefficient (Wildman–Crippen LogP) is 1.10. The van der Waals surface area contributed by atoms with Crippen LogP contribution < -0.4 is 10.6 Å². The highest BCUT2D eigenvalue weighted by atomic mass is 16.4. The average Bonchev–Trinajstić information content (AvgIpc) is 2.41. The Morgan fingerprint density at radius 3 is 2.60 bits per heavy atom. The van der Waals surface area contributed by atoms with Crippen LogP contribution in [0.2, 0.25) is 0 Å². The van der Waals surface area contributed by atoms with Crippen LogP contribution in [0.3, 0.4) is 0 Å². The van der Waals surface area contributed by atoms with Crippen molar-refractivity contribution in [3.63, 3.8) is 0 Å². The Kier molecular flexibility index (Phi) is 4.13. The highest BCUT2D eigenvalue weighted by molar-refractivity contribution is 5.95. The quantitative estimate of drug-likeness (QED) is 0.365. The van der Waals surface area contributed by atoms with Crippen molar-refractivity contribution in [3.05, 3.63) is 23.9 Å². The molecule has 2 rings (SSSR count). The van der Waals surface area contributed by atoms with Gasteiger partial charge in [-0.1, -0.05) is 11.2 Å². The molecule has 1 saturated carbocycles. The van der Waals surface area contributed by atoms with E-state index in [0.29, 0.717) is 5.69 Å². The second-order valence-electron chi connectivity index (χ2n) is 5.69. The van der Waals surface area contributed by atoms with Crippen LogP contribution in [0, 0.1) is 0 Å². The van der Waals surface area contributed by atoms with Gasteiger partial charge in [-0.25, -0.2) is 4.98 Å². The zero-order valence-electron chi connectivity index (χ0n) is 12.4. The summed E-state index contributed by atoms with van der Waals surface area (Å²) in [5, 5.41) is 11.7. The minimum atomic E-state index is 0.0335. The van der Waals surface area contributed by atoms with Crippen molar-refractivity contribution in [3.8, 4) is 0 Å². The zero-order valence-corrected chi connectivity index (χ0v) is 12.4. The number of nitrogens with two attached hydrogens (primary N) is 1. The van der Waals surface area contributed by atoms with Gasteiger partial charge in [0.25, 0.3) is 0 Å². The lowest BCUT2D eigenvalue weighted by atomic mass is 9.75. The van der Waals surface area contributed by atoms with Gasteiger partial charge >= 0.3 is 0 Å². The Hall–Kier alpha value is -1.82. The van der Waals surface area contributed by atoms with E-state index in [1.807, 2.05) is 19.2 Å². The summed E-state index contributed by atoms with van der Waals surface area (Å²) in [6.07, 6.45) is 3.71. The number of rotatable bonds is 5. The van der Waals surface area contributed by atoms with Crippen LogP contribution in [0.5, 0.6) is 0 Å². The van der Waals surface area contributed by atoms with Gasteiger partial charge in [0, 0.05) is 19.1 Å². The van der Waals surface area contributed by atoms with Gasteiger partial charge in [-0.15, -0.1) is 0 Å². The summed E-state index contributed by atoms with van der Waals surface area (Å²) in [4.78, 5) is 8.88. The lowest BCUT2D eigenvalue weighted by molar-refractivity contribution is 0.0682. The van der Waals surface area contributed by atoms with Gasteiger partial charge in [0.05, 0.1) is 0 Å². The first-order chi connectivity index (χ1) is 9.48. The largest absolute Gasteiger partial charge is 0.409 e. The standard InChI is InChI=1S/C14H23N5O/c1-18(2)14(8-5-9-14)10-19(3)12-7-4-6-11(16-12)13(15)17-20/h4,6-7,20H,5,8-10H2,1-3H3,(H2,15,17). The van der Waals surface area contributed by atoms with Crippen LogP contribution in [0.1, 0.15) is 25.0 Å². The van der Waals surface area contributed by atoms with Gasteiger partial charge < -0.3 is 20.7 Å². The first-order valence-corrected chi connectivity index (χ1v) is 6.82. The molecule has 0 aromatic carbocycles. The molecule has 0 atom stereocenters. The molecule has 1 heterocycles. The third-order valence-electron chi connectivity index (χ3n) is 4.26. The van der Waals surface area contributed by atoms with Gasteiger partial charge in [0.15, 0.2) is 5.84 Å². The van der Waals surface area contributed by atoms with Crippen molar-refractivity contribution in [2.75, 3.05) is 32.6 Å².